The van der Waals surface area contributed by atoms with Crippen molar-refractivity contribution in [2.45, 2.75) is 44.8 Å². The lowest BCUT2D eigenvalue weighted by molar-refractivity contribution is 0.0261. The Morgan fingerprint density at radius 3 is 3.12 bits per heavy atom. The Labute approximate surface area is 96.2 Å². The SMILES string of the molecule is CCC(C)n1ccc(CC2(O)CCOC2)n1. The topological polar surface area (TPSA) is 47.3 Å². The van der Waals surface area contributed by atoms with Crippen molar-refractivity contribution in [3.05, 3.63) is 18.0 Å². The summed E-state index contributed by atoms with van der Waals surface area (Å²) >= 11 is 0. The molecule has 90 valence electrons. The number of aromatic nitrogens is 2. The lowest BCUT2D eigenvalue weighted by Crippen LogP contribution is -2.31. The zero-order valence-electron chi connectivity index (χ0n) is 10.0. The monoisotopic (exact) mass is 224 g/mol. The van der Waals surface area contributed by atoms with Gasteiger partial charge in [0.2, 0.25) is 0 Å². The van der Waals surface area contributed by atoms with E-state index < -0.39 is 5.60 Å². The molecule has 4 heteroatoms. The van der Waals surface area contributed by atoms with Gasteiger partial charge >= 0.3 is 0 Å². The molecule has 1 saturated heterocycles. The molecule has 1 aromatic rings. The predicted octanol–water partition coefficient (Wildman–Crippen LogP) is 1.55. The summed E-state index contributed by atoms with van der Waals surface area (Å²) in [5.74, 6) is 0. The molecule has 16 heavy (non-hydrogen) atoms. The molecule has 0 spiro atoms. The Kier molecular flexibility index (Phi) is 3.30. The van der Waals surface area contributed by atoms with Crippen LogP contribution in [0, 0.1) is 0 Å². The Balaban J connectivity index is 2.02. The largest absolute Gasteiger partial charge is 0.387 e. The summed E-state index contributed by atoms with van der Waals surface area (Å²) in [4.78, 5) is 0. The number of nitrogens with zero attached hydrogens (tertiary/aromatic N) is 2. The van der Waals surface area contributed by atoms with Crippen molar-refractivity contribution in [1.29, 1.82) is 0 Å². The zero-order valence-corrected chi connectivity index (χ0v) is 10.0. The molecule has 0 saturated carbocycles. The molecular formula is C12H20N2O2. The van der Waals surface area contributed by atoms with Gasteiger partial charge in [-0.25, -0.2) is 0 Å². The molecule has 2 unspecified atom stereocenters. The van der Waals surface area contributed by atoms with Crippen molar-refractivity contribution in [2.24, 2.45) is 0 Å². The minimum Gasteiger partial charge on any atom is -0.387 e. The van der Waals surface area contributed by atoms with Crippen LogP contribution in [0.2, 0.25) is 0 Å². The van der Waals surface area contributed by atoms with Gasteiger partial charge in [0, 0.05) is 31.7 Å². The highest BCUT2D eigenvalue weighted by Crippen LogP contribution is 2.23. The van der Waals surface area contributed by atoms with Gasteiger partial charge < -0.3 is 9.84 Å². The van der Waals surface area contributed by atoms with Gasteiger partial charge in [-0.3, -0.25) is 4.68 Å². The molecule has 4 nitrogen and oxygen atoms in total. The highest BCUT2D eigenvalue weighted by Gasteiger charge is 2.33. The van der Waals surface area contributed by atoms with E-state index in [9.17, 15) is 5.11 Å². The van der Waals surface area contributed by atoms with Crippen LogP contribution in [-0.2, 0) is 11.2 Å². The van der Waals surface area contributed by atoms with Crippen LogP contribution in [0.25, 0.3) is 0 Å². The standard InChI is InChI=1S/C12H20N2O2/c1-3-10(2)14-6-4-11(13-14)8-12(15)5-7-16-9-12/h4,6,10,15H,3,5,7-9H2,1-2H3. The lowest BCUT2D eigenvalue weighted by Gasteiger charge is -2.18. The first-order valence-corrected chi connectivity index (χ1v) is 5.97. The Morgan fingerprint density at radius 2 is 2.50 bits per heavy atom. The molecule has 1 N–H and O–H groups in total. The van der Waals surface area contributed by atoms with Gasteiger partial charge in [0.05, 0.1) is 17.9 Å². The van der Waals surface area contributed by atoms with E-state index in [1.807, 2.05) is 16.9 Å². The quantitative estimate of drug-likeness (QED) is 0.844. The summed E-state index contributed by atoms with van der Waals surface area (Å²) < 4.78 is 7.19. The Morgan fingerprint density at radius 1 is 1.69 bits per heavy atom. The molecule has 2 heterocycles. The third kappa shape index (κ3) is 2.44. The second-order valence-corrected chi connectivity index (χ2v) is 4.75. The molecule has 0 aliphatic carbocycles. The van der Waals surface area contributed by atoms with E-state index >= 15 is 0 Å². The average Bonchev–Trinajstić information content (AvgIpc) is 2.87. The van der Waals surface area contributed by atoms with Gasteiger partial charge in [-0.15, -0.1) is 0 Å². The van der Waals surface area contributed by atoms with Crippen molar-refractivity contribution in [3.63, 3.8) is 0 Å². The van der Waals surface area contributed by atoms with E-state index in [-0.39, 0.29) is 0 Å². The molecule has 0 radical (unpaired) electrons. The highest BCUT2D eigenvalue weighted by molar-refractivity contribution is 5.05. The van der Waals surface area contributed by atoms with Crippen LogP contribution >= 0.6 is 0 Å². The second-order valence-electron chi connectivity index (χ2n) is 4.75. The van der Waals surface area contributed by atoms with E-state index in [1.54, 1.807) is 0 Å². The fraction of sp³-hybridized carbons (Fsp3) is 0.750. The van der Waals surface area contributed by atoms with E-state index in [1.165, 1.54) is 0 Å². The zero-order chi connectivity index (χ0) is 11.6. The minimum absolute atomic E-state index is 0.420. The van der Waals surface area contributed by atoms with Crippen LogP contribution in [0.15, 0.2) is 12.3 Å². The molecule has 0 amide bonds. The molecule has 1 aromatic heterocycles. The third-order valence-corrected chi connectivity index (χ3v) is 3.30. The van der Waals surface area contributed by atoms with Gasteiger partial charge in [-0.05, 0) is 19.4 Å². The van der Waals surface area contributed by atoms with Crippen molar-refractivity contribution in [2.75, 3.05) is 13.2 Å². The number of aliphatic hydroxyl groups is 1. The molecule has 1 fully saturated rings. The maximum absolute atomic E-state index is 10.2. The van der Waals surface area contributed by atoms with E-state index in [4.69, 9.17) is 4.74 Å². The molecule has 1 aliphatic rings. The second kappa shape index (κ2) is 4.55. The first-order chi connectivity index (χ1) is 7.63. The third-order valence-electron chi connectivity index (χ3n) is 3.30. The van der Waals surface area contributed by atoms with Gasteiger partial charge in [0.1, 0.15) is 0 Å². The van der Waals surface area contributed by atoms with Crippen molar-refractivity contribution >= 4 is 0 Å². The van der Waals surface area contributed by atoms with Gasteiger partial charge in [0.25, 0.3) is 0 Å². The van der Waals surface area contributed by atoms with E-state index in [0.717, 1.165) is 12.1 Å². The first-order valence-electron chi connectivity index (χ1n) is 5.97. The fourth-order valence-electron chi connectivity index (χ4n) is 1.98. The van der Waals surface area contributed by atoms with E-state index in [0.29, 0.717) is 32.1 Å². The minimum atomic E-state index is -0.700. The summed E-state index contributed by atoms with van der Waals surface area (Å²) in [7, 11) is 0. The molecular weight excluding hydrogens is 204 g/mol. The first kappa shape index (κ1) is 11.6. The fourth-order valence-corrected chi connectivity index (χ4v) is 1.98. The maximum atomic E-state index is 10.2. The van der Waals surface area contributed by atoms with Crippen LogP contribution in [0.4, 0.5) is 0 Å². The smallest absolute Gasteiger partial charge is 0.0957 e. The molecule has 2 atom stereocenters. The summed E-state index contributed by atoms with van der Waals surface area (Å²) in [5, 5.41) is 14.7. The van der Waals surface area contributed by atoms with Crippen LogP contribution in [0.5, 0.6) is 0 Å². The number of ether oxygens (including phenoxy) is 1. The van der Waals surface area contributed by atoms with Gasteiger partial charge in [-0.1, -0.05) is 6.92 Å². The summed E-state index contributed by atoms with van der Waals surface area (Å²) in [6.45, 7) is 5.38. The highest BCUT2D eigenvalue weighted by atomic mass is 16.5. The maximum Gasteiger partial charge on any atom is 0.0957 e. The predicted molar refractivity (Wildman–Crippen MR) is 61.3 cm³/mol. The van der Waals surface area contributed by atoms with Gasteiger partial charge in [-0.2, -0.15) is 5.10 Å². The molecule has 2 rings (SSSR count). The van der Waals surface area contributed by atoms with Crippen LogP contribution in [-0.4, -0.2) is 33.7 Å². The number of rotatable bonds is 4. The van der Waals surface area contributed by atoms with Crippen LogP contribution in [0.3, 0.4) is 0 Å². The van der Waals surface area contributed by atoms with Crippen molar-refractivity contribution in [3.8, 4) is 0 Å². The number of hydrogen-bond acceptors (Lipinski definition) is 3. The van der Waals surface area contributed by atoms with Crippen molar-refractivity contribution in [1.82, 2.24) is 9.78 Å². The molecule has 0 aromatic carbocycles. The van der Waals surface area contributed by atoms with Crippen molar-refractivity contribution < 1.29 is 9.84 Å². The van der Waals surface area contributed by atoms with Gasteiger partial charge in [0.15, 0.2) is 0 Å². The lowest BCUT2D eigenvalue weighted by atomic mass is 9.97. The van der Waals surface area contributed by atoms with Crippen LogP contribution in [0.1, 0.15) is 38.4 Å². The molecule has 1 aliphatic heterocycles. The summed E-state index contributed by atoms with van der Waals surface area (Å²) in [6, 6.07) is 2.41. The number of hydrogen-bond donors (Lipinski definition) is 1. The normalized spacial score (nSPS) is 27.2. The Bertz CT molecular complexity index is 343. The average molecular weight is 224 g/mol. The van der Waals surface area contributed by atoms with Crippen LogP contribution < -0.4 is 0 Å². The summed E-state index contributed by atoms with van der Waals surface area (Å²) in [6.07, 6.45) is 4.36. The Hall–Kier alpha value is -0.870. The van der Waals surface area contributed by atoms with E-state index in [2.05, 4.69) is 18.9 Å². The summed E-state index contributed by atoms with van der Waals surface area (Å²) in [5.41, 5.74) is 0.252. The molecule has 0 bridgehead atoms.